The number of methoxy groups -OCH3 is 1. The number of anilines is 1. The summed E-state index contributed by atoms with van der Waals surface area (Å²) in [7, 11) is 1.55. The number of rotatable bonds is 8. The minimum atomic E-state index is -0.430. The van der Waals surface area contributed by atoms with Crippen LogP contribution in [0.2, 0.25) is 0 Å². The summed E-state index contributed by atoms with van der Waals surface area (Å²) in [6.07, 6.45) is 5.11. The van der Waals surface area contributed by atoms with E-state index in [-0.39, 0.29) is 0 Å². The summed E-state index contributed by atoms with van der Waals surface area (Å²) in [5, 5.41) is 4.67. The third-order valence-corrected chi connectivity index (χ3v) is 5.52. The Balaban J connectivity index is 1.67. The third kappa shape index (κ3) is 3.69. The van der Waals surface area contributed by atoms with Crippen molar-refractivity contribution >= 4 is 11.8 Å². The van der Waals surface area contributed by atoms with E-state index in [1.165, 1.54) is 0 Å². The Hall–Kier alpha value is -2.61. The van der Waals surface area contributed by atoms with Gasteiger partial charge in [0.05, 0.1) is 32.5 Å². The van der Waals surface area contributed by atoms with E-state index >= 15 is 0 Å². The van der Waals surface area contributed by atoms with Crippen LogP contribution in [0.15, 0.2) is 18.3 Å². The molecule has 8 nitrogen and oxygen atoms in total. The molecular weight excluding hydrogens is 372 g/mol. The third-order valence-electron chi connectivity index (χ3n) is 5.52. The Labute approximate surface area is 170 Å². The second-order valence-electron chi connectivity index (χ2n) is 7.43. The predicted octanol–water partition coefficient (Wildman–Crippen LogP) is 2.91. The number of ether oxygens (including phenoxy) is 3. The molecule has 2 aliphatic heterocycles. The van der Waals surface area contributed by atoms with E-state index in [0.717, 1.165) is 43.8 Å². The summed E-state index contributed by atoms with van der Waals surface area (Å²) in [5.41, 5.74) is 1.67. The molecule has 2 aliphatic rings. The Morgan fingerprint density at radius 2 is 2.21 bits per heavy atom. The van der Waals surface area contributed by atoms with Crippen molar-refractivity contribution in [2.75, 3.05) is 31.8 Å². The molecule has 156 valence electrons. The molecule has 4 heterocycles. The van der Waals surface area contributed by atoms with E-state index in [0.29, 0.717) is 42.4 Å². The van der Waals surface area contributed by atoms with E-state index in [1.807, 2.05) is 12.1 Å². The van der Waals surface area contributed by atoms with E-state index in [9.17, 15) is 4.79 Å². The molecular formula is C21H28N4O4. The number of unbranched alkanes of at least 4 members (excludes halogenated alkanes) is 1. The lowest BCUT2D eigenvalue weighted by Gasteiger charge is -2.27. The summed E-state index contributed by atoms with van der Waals surface area (Å²) in [6, 6.07) is 4.36. The molecule has 2 aromatic rings. The molecule has 0 radical (unpaired) electrons. The SMILES string of the molecule is CCCCn1nc(-c2ccc(N3CC4C[C@@H]3CO4)nc2)c(C(=O)OCC)c1OC. The lowest BCUT2D eigenvalue weighted by atomic mass is 10.1. The van der Waals surface area contributed by atoms with Crippen LogP contribution in [-0.4, -0.2) is 59.7 Å². The molecule has 0 spiro atoms. The highest BCUT2D eigenvalue weighted by Crippen LogP contribution is 2.34. The molecule has 0 saturated carbocycles. The average Bonchev–Trinajstić information content (AvgIpc) is 3.46. The minimum Gasteiger partial charge on any atom is -0.481 e. The minimum absolute atomic E-state index is 0.290. The van der Waals surface area contributed by atoms with Crippen molar-refractivity contribution in [1.82, 2.24) is 14.8 Å². The van der Waals surface area contributed by atoms with Gasteiger partial charge in [0.2, 0.25) is 5.88 Å². The van der Waals surface area contributed by atoms with Crippen LogP contribution in [0.1, 0.15) is 43.5 Å². The first kappa shape index (κ1) is 19.7. The number of hydrogen-bond donors (Lipinski definition) is 0. The maximum absolute atomic E-state index is 12.7. The highest BCUT2D eigenvalue weighted by molar-refractivity contribution is 5.98. The summed E-state index contributed by atoms with van der Waals surface area (Å²) >= 11 is 0. The van der Waals surface area contributed by atoms with Gasteiger partial charge in [-0.1, -0.05) is 13.3 Å². The Kier molecular flexibility index (Phi) is 5.71. The fourth-order valence-corrected chi connectivity index (χ4v) is 4.08. The van der Waals surface area contributed by atoms with Gasteiger partial charge in [0.1, 0.15) is 17.1 Å². The molecule has 0 amide bonds. The summed E-state index contributed by atoms with van der Waals surface area (Å²) < 4.78 is 18.2. The first-order chi connectivity index (χ1) is 14.2. The maximum Gasteiger partial charge on any atom is 0.345 e. The highest BCUT2D eigenvalue weighted by atomic mass is 16.5. The van der Waals surface area contributed by atoms with Gasteiger partial charge in [-0.05, 0) is 31.9 Å². The van der Waals surface area contributed by atoms with Crippen LogP contribution in [-0.2, 0) is 16.0 Å². The fraction of sp³-hybridized carbons (Fsp3) is 0.571. The Bertz CT molecular complexity index is 864. The van der Waals surface area contributed by atoms with E-state index < -0.39 is 5.97 Å². The van der Waals surface area contributed by atoms with Gasteiger partial charge in [-0.2, -0.15) is 5.10 Å². The predicted molar refractivity (Wildman–Crippen MR) is 108 cm³/mol. The van der Waals surface area contributed by atoms with Crippen LogP contribution in [0.3, 0.4) is 0 Å². The summed E-state index contributed by atoms with van der Waals surface area (Å²) in [6.45, 7) is 6.51. The average molecular weight is 400 g/mol. The van der Waals surface area contributed by atoms with Crippen LogP contribution in [0.4, 0.5) is 5.82 Å². The van der Waals surface area contributed by atoms with Gasteiger partial charge in [0.15, 0.2) is 0 Å². The number of hydrogen-bond acceptors (Lipinski definition) is 7. The quantitative estimate of drug-likeness (QED) is 0.631. The second kappa shape index (κ2) is 8.41. The van der Waals surface area contributed by atoms with Gasteiger partial charge in [-0.25, -0.2) is 14.5 Å². The molecule has 2 bridgehead atoms. The highest BCUT2D eigenvalue weighted by Gasteiger charge is 2.39. The molecule has 0 N–H and O–H groups in total. The van der Waals surface area contributed by atoms with E-state index in [1.54, 1.807) is 24.9 Å². The summed E-state index contributed by atoms with van der Waals surface area (Å²) in [5.74, 6) is 0.935. The van der Waals surface area contributed by atoms with Gasteiger partial charge >= 0.3 is 5.97 Å². The van der Waals surface area contributed by atoms with Crippen LogP contribution < -0.4 is 9.64 Å². The first-order valence-electron chi connectivity index (χ1n) is 10.3. The van der Waals surface area contributed by atoms with Gasteiger partial charge in [-0.3, -0.25) is 0 Å². The monoisotopic (exact) mass is 400 g/mol. The van der Waals surface area contributed by atoms with Crippen molar-refractivity contribution in [3.63, 3.8) is 0 Å². The molecule has 2 aromatic heterocycles. The standard InChI is InChI=1S/C21H28N4O4/c1-4-6-9-25-20(27-3)18(21(26)28-5-2)19(23-25)14-7-8-17(22-11-14)24-12-16-10-15(24)13-29-16/h7-8,11,15-16H,4-6,9-10,12-13H2,1-3H3/t15-,16?/m1/s1. The number of aromatic nitrogens is 3. The molecule has 4 rings (SSSR count). The number of carbonyl (C=O) groups excluding carboxylic acids is 1. The normalized spacial score (nSPS) is 20.3. The van der Waals surface area contributed by atoms with Gasteiger partial charge < -0.3 is 19.1 Å². The van der Waals surface area contributed by atoms with Crippen LogP contribution in [0, 0.1) is 0 Å². The molecule has 29 heavy (non-hydrogen) atoms. The van der Waals surface area contributed by atoms with Crippen LogP contribution >= 0.6 is 0 Å². The van der Waals surface area contributed by atoms with Gasteiger partial charge in [0, 0.05) is 24.8 Å². The van der Waals surface area contributed by atoms with Crippen molar-refractivity contribution in [3.8, 4) is 17.1 Å². The number of nitrogens with zero attached hydrogens (tertiary/aromatic N) is 4. The van der Waals surface area contributed by atoms with Crippen molar-refractivity contribution in [3.05, 3.63) is 23.9 Å². The molecule has 2 atom stereocenters. The van der Waals surface area contributed by atoms with Crippen molar-refractivity contribution in [2.45, 2.75) is 51.8 Å². The topological polar surface area (TPSA) is 78.7 Å². The van der Waals surface area contributed by atoms with Crippen LogP contribution in [0.5, 0.6) is 5.88 Å². The number of esters is 1. The number of carbonyl (C=O) groups is 1. The van der Waals surface area contributed by atoms with Crippen molar-refractivity contribution in [2.24, 2.45) is 0 Å². The van der Waals surface area contributed by atoms with Gasteiger partial charge in [0.25, 0.3) is 0 Å². The maximum atomic E-state index is 12.7. The zero-order valence-electron chi connectivity index (χ0n) is 17.3. The first-order valence-corrected chi connectivity index (χ1v) is 10.3. The lowest BCUT2D eigenvalue weighted by molar-refractivity contribution is 0.0523. The zero-order valence-corrected chi connectivity index (χ0v) is 17.3. The second-order valence-corrected chi connectivity index (χ2v) is 7.43. The lowest BCUT2D eigenvalue weighted by Crippen LogP contribution is -2.37. The molecule has 0 aromatic carbocycles. The smallest absolute Gasteiger partial charge is 0.345 e. The fourth-order valence-electron chi connectivity index (χ4n) is 4.08. The van der Waals surface area contributed by atoms with Crippen molar-refractivity contribution < 1.29 is 19.0 Å². The molecule has 8 heteroatoms. The Morgan fingerprint density at radius 3 is 2.79 bits per heavy atom. The molecule has 1 unspecified atom stereocenters. The van der Waals surface area contributed by atoms with Crippen molar-refractivity contribution in [1.29, 1.82) is 0 Å². The molecule has 0 aliphatic carbocycles. The number of aryl methyl sites for hydroxylation is 1. The molecule has 2 saturated heterocycles. The number of pyridine rings is 1. The van der Waals surface area contributed by atoms with Gasteiger partial charge in [-0.15, -0.1) is 0 Å². The largest absolute Gasteiger partial charge is 0.481 e. The van der Waals surface area contributed by atoms with E-state index in [4.69, 9.17) is 14.2 Å². The summed E-state index contributed by atoms with van der Waals surface area (Å²) in [4.78, 5) is 19.6. The van der Waals surface area contributed by atoms with E-state index in [2.05, 4.69) is 21.9 Å². The number of fused-ring (bicyclic) bond motifs is 2. The van der Waals surface area contributed by atoms with Crippen LogP contribution in [0.25, 0.3) is 11.3 Å². The Morgan fingerprint density at radius 1 is 1.34 bits per heavy atom. The molecule has 2 fully saturated rings. The zero-order chi connectivity index (χ0) is 20.4. The number of morpholine rings is 1.